The Morgan fingerprint density at radius 2 is 2.00 bits per heavy atom. The summed E-state index contributed by atoms with van der Waals surface area (Å²) in [4.78, 5) is 0. The summed E-state index contributed by atoms with van der Waals surface area (Å²) >= 11 is 0. The van der Waals surface area contributed by atoms with Crippen LogP contribution in [-0.2, 0) is 9.47 Å². The van der Waals surface area contributed by atoms with Crippen LogP contribution in [0.3, 0.4) is 0 Å². The van der Waals surface area contributed by atoms with E-state index in [0.29, 0.717) is 5.41 Å². The molecule has 1 saturated heterocycles. The number of hydrogen-bond acceptors (Lipinski definition) is 2. The Hall–Kier alpha value is -0.340. The monoisotopic (exact) mass is 222 g/mol. The summed E-state index contributed by atoms with van der Waals surface area (Å²) in [5, 5.41) is 0. The molecular weight excluding hydrogens is 200 g/mol. The van der Waals surface area contributed by atoms with Crippen molar-refractivity contribution in [1.82, 2.24) is 0 Å². The average molecular weight is 222 g/mol. The summed E-state index contributed by atoms with van der Waals surface area (Å²) in [5.41, 5.74) is 2.25. The highest BCUT2D eigenvalue weighted by molar-refractivity contribution is 5.20. The van der Waals surface area contributed by atoms with Gasteiger partial charge in [0.1, 0.15) is 0 Å². The topological polar surface area (TPSA) is 18.5 Å². The molecule has 1 heterocycles. The van der Waals surface area contributed by atoms with Crippen LogP contribution in [0.5, 0.6) is 0 Å². The Labute approximate surface area is 98.0 Å². The highest BCUT2D eigenvalue weighted by Crippen LogP contribution is 2.64. The Balaban J connectivity index is 1.48. The van der Waals surface area contributed by atoms with Crippen molar-refractivity contribution in [3.05, 3.63) is 11.6 Å². The van der Waals surface area contributed by atoms with Gasteiger partial charge >= 0.3 is 0 Å². The summed E-state index contributed by atoms with van der Waals surface area (Å²) in [6.07, 6.45) is 7.40. The van der Waals surface area contributed by atoms with Crippen molar-refractivity contribution >= 4 is 0 Å². The molecule has 3 rings (SSSR count). The van der Waals surface area contributed by atoms with Crippen LogP contribution in [0.2, 0.25) is 0 Å². The highest BCUT2D eigenvalue weighted by Gasteiger charge is 2.57. The molecule has 2 fully saturated rings. The zero-order valence-electron chi connectivity index (χ0n) is 10.4. The van der Waals surface area contributed by atoms with Gasteiger partial charge in [-0.05, 0) is 36.5 Å². The maximum absolute atomic E-state index is 5.47. The van der Waals surface area contributed by atoms with Gasteiger partial charge in [-0.3, -0.25) is 0 Å². The van der Waals surface area contributed by atoms with Gasteiger partial charge < -0.3 is 9.47 Å². The molecule has 0 amide bonds. The minimum absolute atomic E-state index is 0.0748. The van der Waals surface area contributed by atoms with E-state index in [1.54, 1.807) is 5.57 Å². The van der Waals surface area contributed by atoms with Crippen molar-refractivity contribution in [3.8, 4) is 0 Å². The smallest absolute Gasteiger partial charge is 0.158 e. The summed E-state index contributed by atoms with van der Waals surface area (Å²) < 4.78 is 10.9. The molecule has 16 heavy (non-hydrogen) atoms. The molecule has 1 aliphatic heterocycles. The third kappa shape index (κ3) is 1.82. The molecule has 2 heteroatoms. The molecule has 0 aromatic heterocycles. The quantitative estimate of drug-likeness (QED) is 0.683. The van der Waals surface area contributed by atoms with E-state index in [2.05, 4.69) is 19.9 Å². The lowest BCUT2D eigenvalue weighted by Crippen LogP contribution is -2.08. The van der Waals surface area contributed by atoms with Crippen LogP contribution >= 0.6 is 0 Å². The number of allylic oxidation sites excluding steroid dienone is 2. The second-order valence-corrected chi connectivity index (χ2v) is 6.05. The first kappa shape index (κ1) is 10.8. The predicted molar refractivity (Wildman–Crippen MR) is 63.0 cm³/mol. The first-order valence-electron chi connectivity index (χ1n) is 6.59. The second-order valence-electron chi connectivity index (χ2n) is 6.05. The fraction of sp³-hybridized carbons (Fsp3) is 0.857. The molecule has 0 unspecified atom stereocenters. The normalized spacial score (nSPS) is 37.0. The third-order valence-electron chi connectivity index (χ3n) is 4.82. The van der Waals surface area contributed by atoms with Gasteiger partial charge in [-0.15, -0.1) is 0 Å². The Morgan fingerprint density at radius 1 is 1.25 bits per heavy atom. The van der Waals surface area contributed by atoms with E-state index in [1.807, 2.05) is 0 Å². The molecule has 0 aromatic rings. The van der Waals surface area contributed by atoms with Crippen molar-refractivity contribution in [1.29, 1.82) is 0 Å². The molecule has 0 N–H and O–H groups in total. The molecule has 2 atom stereocenters. The Kier molecular flexibility index (Phi) is 2.60. The van der Waals surface area contributed by atoms with Gasteiger partial charge in [0, 0.05) is 6.42 Å². The number of hydrogen-bond donors (Lipinski definition) is 0. The minimum atomic E-state index is 0.0748. The SMILES string of the molecule is CC1(C)[C@@H]2CC=C(CCC3OCCO3)C[C@@H]21. The summed E-state index contributed by atoms with van der Waals surface area (Å²) in [7, 11) is 0. The standard InChI is InChI=1S/C14H22O2/c1-14(2)11-5-3-10(9-12(11)14)4-6-13-15-7-8-16-13/h3,11-13H,4-9H2,1-2H3/t11-,12+/m1/s1. The van der Waals surface area contributed by atoms with Crippen LogP contribution in [-0.4, -0.2) is 19.5 Å². The first-order valence-corrected chi connectivity index (χ1v) is 6.59. The number of rotatable bonds is 3. The molecule has 0 aromatic carbocycles. The minimum Gasteiger partial charge on any atom is -0.350 e. The maximum Gasteiger partial charge on any atom is 0.158 e. The molecule has 2 nitrogen and oxygen atoms in total. The van der Waals surface area contributed by atoms with E-state index >= 15 is 0 Å². The zero-order chi connectivity index (χ0) is 11.2. The van der Waals surface area contributed by atoms with Crippen LogP contribution in [0, 0.1) is 17.3 Å². The van der Waals surface area contributed by atoms with E-state index in [9.17, 15) is 0 Å². The van der Waals surface area contributed by atoms with Crippen LogP contribution in [0.1, 0.15) is 39.5 Å². The van der Waals surface area contributed by atoms with Gasteiger partial charge in [0.15, 0.2) is 6.29 Å². The van der Waals surface area contributed by atoms with E-state index in [-0.39, 0.29) is 6.29 Å². The van der Waals surface area contributed by atoms with Crippen molar-refractivity contribution in [2.45, 2.75) is 45.8 Å². The van der Waals surface area contributed by atoms with Gasteiger partial charge in [0.2, 0.25) is 0 Å². The van der Waals surface area contributed by atoms with E-state index in [4.69, 9.17) is 9.47 Å². The lowest BCUT2D eigenvalue weighted by Gasteiger charge is -2.14. The van der Waals surface area contributed by atoms with Crippen molar-refractivity contribution in [3.63, 3.8) is 0 Å². The summed E-state index contributed by atoms with van der Waals surface area (Å²) in [6.45, 7) is 6.40. The lowest BCUT2D eigenvalue weighted by molar-refractivity contribution is -0.0463. The third-order valence-corrected chi connectivity index (χ3v) is 4.82. The van der Waals surface area contributed by atoms with Crippen molar-refractivity contribution in [2.24, 2.45) is 17.3 Å². The van der Waals surface area contributed by atoms with Crippen molar-refractivity contribution in [2.75, 3.05) is 13.2 Å². The molecule has 0 bridgehead atoms. The van der Waals surface area contributed by atoms with Crippen LogP contribution in [0.4, 0.5) is 0 Å². The van der Waals surface area contributed by atoms with Gasteiger partial charge in [0.25, 0.3) is 0 Å². The molecule has 2 aliphatic carbocycles. The average Bonchev–Trinajstić information content (AvgIpc) is 2.72. The molecule has 1 saturated carbocycles. The lowest BCUT2D eigenvalue weighted by atomic mass is 9.96. The first-order chi connectivity index (χ1) is 7.68. The van der Waals surface area contributed by atoms with Gasteiger partial charge in [-0.2, -0.15) is 0 Å². The van der Waals surface area contributed by atoms with Gasteiger partial charge in [-0.25, -0.2) is 0 Å². The van der Waals surface area contributed by atoms with E-state index < -0.39 is 0 Å². The van der Waals surface area contributed by atoms with E-state index in [1.165, 1.54) is 19.3 Å². The van der Waals surface area contributed by atoms with Gasteiger partial charge in [-0.1, -0.05) is 25.5 Å². The largest absolute Gasteiger partial charge is 0.350 e. The van der Waals surface area contributed by atoms with Crippen LogP contribution in [0.25, 0.3) is 0 Å². The second kappa shape index (κ2) is 3.85. The predicted octanol–water partition coefficient (Wildman–Crippen LogP) is 3.13. The molecule has 90 valence electrons. The van der Waals surface area contributed by atoms with E-state index in [0.717, 1.165) is 31.5 Å². The molecule has 3 aliphatic rings. The zero-order valence-corrected chi connectivity index (χ0v) is 10.4. The van der Waals surface area contributed by atoms with Crippen molar-refractivity contribution < 1.29 is 9.47 Å². The Bertz CT molecular complexity index is 300. The molecular formula is C14H22O2. The molecule has 0 spiro atoms. The number of ether oxygens (including phenoxy) is 2. The fourth-order valence-corrected chi connectivity index (χ4v) is 3.47. The highest BCUT2D eigenvalue weighted by atomic mass is 16.7. The summed E-state index contributed by atoms with van der Waals surface area (Å²) in [6, 6.07) is 0. The Morgan fingerprint density at radius 3 is 2.69 bits per heavy atom. The maximum atomic E-state index is 5.47. The van der Waals surface area contributed by atoms with Gasteiger partial charge in [0.05, 0.1) is 13.2 Å². The fourth-order valence-electron chi connectivity index (χ4n) is 3.47. The van der Waals surface area contributed by atoms with Crippen LogP contribution < -0.4 is 0 Å². The number of fused-ring (bicyclic) bond motifs is 1. The summed E-state index contributed by atoms with van der Waals surface area (Å²) in [5.74, 6) is 1.92. The van der Waals surface area contributed by atoms with Crippen LogP contribution in [0.15, 0.2) is 11.6 Å². The molecule has 0 radical (unpaired) electrons.